The van der Waals surface area contributed by atoms with Crippen molar-refractivity contribution in [2.45, 2.75) is 84.7 Å². The first-order valence-corrected chi connectivity index (χ1v) is 11.7. The summed E-state index contributed by atoms with van der Waals surface area (Å²) in [5.41, 5.74) is 3.44. The normalized spacial score (nSPS) is 13.1. The van der Waals surface area contributed by atoms with E-state index in [9.17, 15) is 5.11 Å². The molecule has 2 rings (SSSR count). The van der Waals surface area contributed by atoms with Crippen molar-refractivity contribution in [1.29, 1.82) is 0 Å². The fourth-order valence-electron chi connectivity index (χ4n) is 3.99. The Morgan fingerprint density at radius 1 is 0.800 bits per heavy atom. The molecule has 0 aliphatic rings. The number of rotatable bonds is 14. The van der Waals surface area contributed by atoms with Crippen molar-refractivity contribution in [1.82, 2.24) is 0 Å². The van der Waals surface area contributed by atoms with Gasteiger partial charge >= 0.3 is 0 Å². The molecule has 0 saturated heterocycles. The Kier molecular flexibility index (Phi) is 10.8. The average molecular weight is 413 g/mol. The van der Waals surface area contributed by atoms with Gasteiger partial charge in [-0.05, 0) is 69.2 Å². The third-order valence-electron chi connectivity index (χ3n) is 5.66. The molecule has 0 saturated carbocycles. The highest BCUT2D eigenvalue weighted by Gasteiger charge is 2.19. The van der Waals surface area contributed by atoms with Gasteiger partial charge in [-0.2, -0.15) is 0 Å². The summed E-state index contributed by atoms with van der Waals surface area (Å²) in [6, 6.07) is 15.0. The second-order valence-corrected chi connectivity index (χ2v) is 8.17. The van der Waals surface area contributed by atoms with Crippen LogP contribution >= 0.6 is 0 Å². The van der Waals surface area contributed by atoms with Crippen LogP contribution in [0.2, 0.25) is 0 Å². The number of ether oxygens (including phenoxy) is 2. The summed E-state index contributed by atoms with van der Waals surface area (Å²) in [5, 5.41) is 10.2. The largest absolute Gasteiger partial charge is 0.493 e. The van der Waals surface area contributed by atoms with Crippen molar-refractivity contribution in [3.8, 4) is 11.5 Å². The van der Waals surface area contributed by atoms with E-state index in [2.05, 4.69) is 49.4 Å². The van der Waals surface area contributed by atoms with E-state index >= 15 is 0 Å². The minimum atomic E-state index is -0.617. The number of hydrogen-bond acceptors (Lipinski definition) is 3. The Hall–Kier alpha value is -2.00. The average Bonchev–Trinajstić information content (AvgIpc) is 2.73. The van der Waals surface area contributed by atoms with Crippen LogP contribution < -0.4 is 9.47 Å². The lowest BCUT2D eigenvalue weighted by atomic mass is 9.92. The summed E-state index contributed by atoms with van der Waals surface area (Å²) in [6.07, 6.45) is 8.12. The van der Waals surface area contributed by atoms with E-state index in [4.69, 9.17) is 9.47 Å². The molecule has 166 valence electrons. The summed E-state index contributed by atoms with van der Waals surface area (Å²) in [7, 11) is 0. The molecule has 0 heterocycles. The predicted octanol–water partition coefficient (Wildman–Crippen LogP) is 7.22. The van der Waals surface area contributed by atoms with Crippen molar-refractivity contribution >= 4 is 0 Å². The van der Waals surface area contributed by atoms with Gasteiger partial charge in [0.2, 0.25) is 0 Å². The lowest BCUT2D eigenvalue weighted by Crippen LogP contribution is -2.07. The fraction of sp³-hybridized carbons (Fsp3) is 0.556. The van der Waals surface area contributed by atoms with Gasteiger partial charge < -0.3 is 14.6 Å². The van der Waals surface area contributed by atoms with Gasteiger partial charge in [0, 0.05) is 0 Å². The molecular weight excluding hydrogens is 372 g/mol. The summed E-state index contributed by atoms with van der Waals surface area (Å²) in [4.78, 5) is 0. The summed E-state index contributed by atoms with van der Waals surface area (Å²) in [6.45, 7) is 9.14. The molecule has 0 aromatic heterocycles. The molecule has 3 nitrogen and oxygen atoms in total. The molecule has 2 atom stereocenters. The SMILES string of the molecule is CCOc1cc([C@@H](C)CCCCCCCc2ccccc2)cc(OCC)c1C(C)O. The second kappa shape index (κ2) is 13.3. The minimum absolute atomic E-state index is 0.441. The maximum atomic E-state index is 10.2. The Morgan fingerprint density at radius 2 is 1.37 bits per heavy atom. The monoisotopic (exact) mass is 412 g/mol. The highest BCUT2D eigenvalue weighted by Crippen LogP contribution is 2.38. The van der Waals surface area contributed by atoms with Gasteiger partial charge in [0.15, 0.2) is 0 Å². The zero-order valence-electron chi connectivity index (χ0n) is 19.3. The first kappa shape index (κ1) is 24.3. The quantitative estimate of drug-likeness (QED) is 0.333. The third kappa shape index (κ3) is 7.68. The van der Waals surface area contributed by atoms with Crippen molar-refractivity contribution in [2.24, 2.45) is 0 Å². The highest BCUT2D eigenvalue weighted by molar-refractivity contribution is 5.50. The molecule has 30 heavy (non-hydrogen) atoms. The van der Waals surface area contributed by atoms with Gasteiger partial charge in [0.1, 0.15) is 11.5 Å². The van der Waals surface area contributed by atoms with Gasteiger partial charge in [-0.25, -0.2) is 0 Å². The first-order chi connectivity index (χ1) is 14.6. The standard InChI is InChI=1S/C27H40O3/c1-5-29-25-19-24(20-26(30-6-2)27(25)22(4)28)21(3)15-11-8-7-9-12-16-23-17-13-10-14-18-23/h10,13-14,17-22,28H,5-9,11-12,15-16H2,1-4H3/t21-,22?/m0/s1. The number of unbranched alkanes of at least 4 members (excludes halogenated alkanes) is 4. The minimum Gasteiger partial charge on any atom is -0.493 e. The molecular formula is C27H40O3. The number of benzene rings is 2. The number of hydrogen-bond donors (Lipinski definition) is 1. The molecule has 2 aromatic carbocycles. The summed E-state index contributed by atoms with van der Waals surface area (Å²) in [5.74, 6) is 1.94. The molecule has 0 aliphatic carbocycles. The van der Waals surface area contributed by atoms with Crippen LogP contribution in [0, 0.1) is 0 Å². The third-order valence-corrected chi connectivity index (χ3v) is 5.66. The van der Waals surface area contributed by atoms with E-state index in [1.807, 2.05) is 13.8 Å². The van der Waals surface area contributed by atoms with Crippen molar-refractivity contribution in [3.63, 3.8) is 0 Å². The smallest absolute Gasteiger partial charge is 0.129 e. The van der Waals surface area contributed by atoms with Crippen molar-refractivity contribution < 1.29 is 14.6 Å². The van der Waals surface area contributed by atoms with Gasteiger partial charge in [-0.3, -0.25) is 0 Å². The predicted molar refractivity (Wildman–Crippen MR) is 126 cm³/mol. The van der Waals surface area contributed by atoms with Crippen LogP contribution in [0.4, 0.5) is 0 Å². The fourth-order valence-corrected chi connectivity index (χ4v) is 3.99. The molecule has 0 amide bonds. The maximum Gasteiger partial charge on any atom is 0.129 e. The highest BCUT2D eigenvalue weighted by atomic mass is 16.5. The van der Waals surface area contributed by atoms with Crippen LogP contribution in [-0.4, -0.2) is 18.3 Å². The zero-order chi connectivity index (χ0) is 21.8. The van der Waals surface area contributed by atoms with Crippen LogP contribution in [-0.2, 0) is 6.42 Å². The zero-order valence-corrected chi connectivity index (χ0v) is 19.3. The topological polar surface area (TPSA) is 38.7 Å². The molecule has 0 radical (unpaired) electrons. The van der Waals surface area contributed by atoms with Crippen LogP contribution in [0.1, 0.15) is 94.9 Å². The van der Waals surface area contributed by atoms with E-state index in [1.165, 1.54) is 49.7 Å². The Morgan fingerprint density at radius 3 is 1.93 bits per heavy atom. The Labute approximate surface area is 183 Å². The molecule has 0 aliphatic heterocycles. The molecule has 3 heteroatoms. The second-order valence-electron chi connectivity index (χ2n) is 8.17. The van der Waals surface area contributed by atoms with Gasteiger partial charge in [0.05, 0.1) is 24.9 Å². The molecule has 1 unspecified atom stereocenters. The van der Waals surface area contributed by atoms with Crippen LogP contribution in [0.25, 0.3) is 0 Å². The lowest BCUT2D eigenvalue weighted by Gasteiger charge is -2.21. The van der Waals surface area contributed by atoms with E-state index < -0.39 is 6.10 Å². The van der Waals surface area contributed by atoms with Crippen molar-refractivity contribution in [2.75, 3.05) is 13.2 Å². The van der Waals surface area contributed by atoms with E-state index in [0.29, 0.717) is 19.1 Å². The molecule has 2 aromatic rings. The number of aliphatic hydroxyl groups is 1. The maximum absolute atomic E-state index is 10.2. The van der Waals surface area contributed by atoms with Crippen LogP contribution in [0.15, 0.2) is 42.5 Å². The van der Waals surface area contributed by atoms with Crippen LogP contribution in [0.5, 0.6) is 11.5 Å². The number of aliphatic hydroxyl groups excluding tert-OH is 1. The first-order valence-electron chi connectivity index (χ1n) is 11.7. The molecule has 0 bridgehead atoms. The van der Waals surface area contributed by atoms with Gasteiger partial charge in [-0.15, -0.1) is 0 Å². The van der Waals surface area contributed by atoms with E-state index in [0.717, 1.165) is 23.5 Å². The van der Waals surface area contributed by atoms with E-state index in [-0.39, 0.29) is 0 Å². The number of aryl methyl sites for hydroxylation is 1. The molecule has 0 spiro atoms. The van der Waals surface area contributed by atoms with Gasteiger partial charge in [-0.1, -0.05) is 62.9 Å². The van der Waals surface area contributed by atoms with Crippen molar-refractivity contribution in [3.05, 3.63) is 59.2 Å². The Bertz CT molecular complexity index is 697. The van der Waals surface area contributed by atoms with Crippen LogP contribution in [0.3, 0.4) is 0 Å². The summed E-state index contributed by atoms with van der Waals surface area (Å²) >= 11 is 0. The Balaban J connectivity index is 1.84. The molecule has 1 N–H and O–H groups in total. The molecule has 0 fully saturated rings. The van der Waals surface area contributed by atoms with Gasteiger partial charge in [0.25, 0.3) is 0 Å². The lowest BCUT2D eigenvalue weighted by molar-refractivity contribution is 0.184. The summed E-state index contributed by atoms with van der Waals surface area (Å²) < 4.78 is 11.7. The van der Waals surface area contributed by atoms with E-state index in [1.54, 1.807) is 6.92 Å².